The van der Waals surface area contributed by atoms with Gasteiger partial charge in [0.15, 0.2) is 0 Å². The molecule has 3 nitrogen and oxygen atoms in total. The third kappa shape index (κ3) is 4.58. The van der Waals surface area contributed by atoms with Crippen molar-refractivity contribution in [1.82, 2.24) is 5.32 Å². The van der Waals surface area contributed by atoms with Gasteiger partial charge in [-0.25, -0.2) is 0 Å². The topological polar surface area (TPSA) is 41.1 Å². The fraction of sp³-hybridized carbons (Fsp3) is 0.278. The Hall–Kier alpha value is -1.84. The van der Waals surface area contributed by atoms with Crippen LogP contribution in [0.5, 0.6) is 0 Å². The smallest absolute Gasteiger partial charge is 0.238 e. The Labute approximate surface area is 136 Å². The number of carbonyl (C=O) groups is 1. The van der Waals surface area contributed by atoms with Crippen LogP contribution in [0.3, 0.4) is 0 Å². The Kier molecular flexibility index (Phi) is 5.99. The van der Waals surface area contributed by atoms with Gasteiger partial charge >= 0.3 is 0 Å². The minimum absolute atomic E-state index is 0.0554. The summed E-state index contributed by atoms with van der Waals surface area (Å²) in [6, 6.07) is 15.5. The van der Waals surface area contributed by atoms with Gasteiger partial charge in [0.2, 0.25) is 5.91 Å². The molecule has 0 radical (unpaired) electrons. The molecule has 0 atom stereocenters. The number of nitrogens with one attached hydrogen (secondary N) is 2. The van der Waals surface area contributed by atoms with E-state index in [1.54, 1.807) is 0 Å². The molecule has 2 aromatic rings. The molecule has 0 saturated heterocycles. The van der Waals surface area contributed by atoms with E-state index in [0.29, 0.717) is 17.5 Å². The molecule has 0 saturated carbocycles. The maximum atomic E-state index is 12.1. The Bertz CT molecular complexity index is 640. The summed E-state index contributed by atoms with van der Waals surface area (Å²) in [5.74, 6) is 0.313. The zero-order valence-electron chi connectivity index (χ0n) is 12.9. The molecule has 0 unspecified atom stereocenters. The van der Waals surface area contributed by atoms with Crippen LogP contribution >= 0.6 is 11.6 Å². The molecule has 0 aliphatic heterocycles. The molecule has 0 bridgehead atoms. The van der Waals surface area contributed by atoms with Crippen LogP contribution < -0.4 is 10.6 Å². The second kappa shape index (κ2) is 7.97. The van der Waals surface area contributed by atoms with E-state index >= 15 is 0 Å². The molecular formula is C18H21ClN2O. The lowest BCUT2D eigenvalue weighted by atomic mass is 10.0. The summed E-state index contributed by atoms with van der Waals surface area (Å²) < 4.78 is 0. The SMILES string of the molecule is CC(C)c1ccccc1NC(=O)CNCc1ccccc1Cl. The van der Waals surface area contributed by atoms with Crippen LogP contribution in [0.15, 0.2) is 48.5 Å². The van der Waals surface area contributed by atoms with Gasteiger partial charge in [-0.3, -0.25) is 4.79 Å². The summed E-state index contributed by atoms with van der Waals surface area (Å²) in [6.07, 6.45) is 0. The van der Waals surface area contributed by atoms with Gasteiger partial charge in [-0.05, 0) is 29.2 Å². The maximum absolute atomic E-state index is 12.1. The molecule has 22 heavy (non-hydrogen) atoms. The highest BCUT2D eigenvalue weighted by molar-refractivity contribution is 6.31. The molecule has 0 spiro atoms. The number of halogens is 1. The van der Waals surface area contributed by atoms with Gasteiger partial charge in [0.1, 0.15) is 0 Å². The molecule has 116 valence electrons. The van der Waals surface area contributed by atoms with Gasteiger partial charge in [0.05, 0.1) is 6.54 Å². The summed E-state index contributed by atoms with van der Waals surface area (Å²) in [5, 5.41) is 6.78. The predicted molar refractivity (Wildman–Crippen MR) is 92.3 cm³/mol. The standard InChI is InChI=1S/C18H21ClN2O/c1-13(2)15-8-4-6-10-17(15)21-18(22)12-20-11-14-7-3-5-9-16(14)19/h3-10,13,20H,11-12H2,1-2H3,(H,21,22). The molecule has 0 aliphatic carbocycles. The molecule has 2 aromatic carbocycles. The van der Waals surface area contributed by atoms with Crippen molar-refractivity contribution in [3.8, 4) is 0 Å². The van der Waals surface area contributed by atoms with Gasteiger partial charge in [-0.1, -0.05) is 61.8 Å². The van der Waals surface area contributed by atoms with Crippen LogP contribution in [0.25, 0.3) is 0 Å². The highest BCUT2D eigenvalue weighted by Crippen LogP contribution is 2.23. The normalized spacial score (nSPS) is 10.7. The highest BCUT2D eigenvalue weighted by atomic mass is 35.5. The summed E-state index contributed by atoms with van der Waals surface area (Å²) >= 11 is 6.08. The van der Waals surface area contributed by atoms with Gasteiger partial charge in [-0.2, -0.15) is 0 Å². The Balaban J connectivity index is 1.88. The van der Waals surface area contributed by atoms with E-state index in [2.05, 4.69) is 24.5 Å². The van der Waals surface area contributed by atoms with E-state index in [4.69, 9.17) is 11.6 Å². The van der Waals surface area contributed by atoms with E-state index in [-0.39, 0.29) is 12.5 Å². The first-order valence-corrected chi connectivity index (χ1v) is 7.78. The van der Waals surface area contributed by atoms with Crippen molar-refractivity contribution < 1.29 is 4.79 Å². The van der Waals surface area contributed by atoms with Crippen molar-refractivity contribution in [2.75, 3.05) is 11.9 Å². The largest absolute Gasteiger partial charge is 0.325 e. The predicted octanol–water partition coefficient (Wildman–Crippen LogP) is 4.19. The van der Waals surface area contributed by atoms with Crippen molar-refractivity contribution in [2.45, 2.75) is 26.3 Å². The van der Waals surface area contributed by atoms with Crippen molar-refractivity contribution >= 4 is 23.2 Å². The fourth-order valence-corrected chi connectivity index (χ4v) is 2.46. The molecule has 0 aromatic heterocycles. The number of carbonyl (C=O) groups excluding carboxylic acids is 1. The molecule has 2 N–H and O–H groups in total. The van der Waals surface area contributed by atoms with Crippen molar-refractivity contribution in [2.24, 2.45) is 0 Å². The maximum Gasteiger partial charge on any atom is 0.238 e. The zero-order chi connectivity index (χ0) is 15.9. The number of amides is 1. The lowest BCUT2D eigenvalue weighted by molar-refractivity contribution is -0.115. The Morgan fingerprint density at radius 2 is 1.77 bits per heavy atom. The molecule has 0 heterocycles. The van der Waals surface area contributed by atoms with Gasteiger partial charge in [0.25, 0.3) is 0 Å². The number of hydrogen-bond acceptors (Lipinski definition) is 2. The average Bonchev–Trinajstić information content (AvgIpc) is 2.49. The van der Waals surface area contributed by atoms with E-state index in [1.165, 1.54) is 0 Å². The van der Waals surface area contributed by atoms with Crippen LogP contribution in [-0.4, -0.2) is 12.5 Å². The van der Waals surface area contributed by atoms with E-state index < -0.39 is 0 Å². The highest BCUT2D eigenvalue weighted by Gasteiger charge is 2.09. The van der Waals surface area contributed by atoms with E-state index in [9.17, 15) is 4.79 Å². The Morgan fingerprint density at radius 1 is 1.09 bits per heavy atom. The molecule has 0 fully saturated rings. The summed E-state index contributed by atoms with van der Waals surface area (Å²) in [5.41, 5.74) is 3.00. The first-order valence-electron chi connectivity index (χ1n) is 7.41. The van der Waals surface area contributed by atoms with Crippen LogP contribution in [-0.2, 0) is 11.3 Å². The van der Waals surface area contributed by atoms with E-state index in [0.717, 1.165) is 16.8 Å². The third-order valence-electron chi connectivity index (χ3n) is 3.42. The number of hydrogen-bond donors (Lipinski definition) is 2. The van der Waals surface area contributed by atoms with Crippen LogP contribution in [0.2, 0.25) is 5.02 Å². The minimum atomic E-state index is -0.0554. The van der Waals surface area contributed by atoms with Gasteiger partial charge in [0, 0.05) is 17.3 Å². The second-order valence-corrected chi connectivity index (χ2v) is 5.89. The number of para-hydroxylation sites is 1. The van der Waals surface area contributed by atoms with Crippen LogP contribution in [0.1, 0.15) is 30.9 Å². The molecule has 2 rings (SSSR count). The number of benzene rings is 2. The van der Waals surface area contributed by atoms with Crippen molar-refractivity contribution in [1.29, 1.82) is 0 Å². The monoisotopic (exact) mass is 316 g/mol. The lowest BCUT2D eigenvalue weighted by Gasteiger charge is -2.14. The van der Waals surface area contributed by atoms with Gasteiger partial charge in [-0.15, -0.1) is 0 Å². The fourth-order valence-electron chi connectivity index (χ4n) is 2.26. The average molecular weight is 317 g/mol. The number of rotatable bonds is 6. The molecular weight excluding hydrogens is 296 g/mol. The molecule has 0 aliphatic rings. The van der Waals surface area contributed by atoms with Crippen LogP contribution in [0.4, 0.5) is 5.69 Å². The zero-order valence-corrected chi connectivity index (χ0v) is 13.7. The first kappa shape index (κ1) is 16.5. The van der Waals surface area contributed by atoms with Crippen molar-refractivity contribution in [3.05, 3.63) is 64.7 Å². The van der Waals surface area contributed by atoms with Crippen LogP contribution in [0, 0.1) is 0 Å². The van der Waals surface area contributed by atoms with Gasteiger partial charge < -0.3 is 10.6 Å². The first-order chi connectivity index (χ1) is 10.6. The Morgan fingerprint density at radius 3 is 2.50 bits per heavy atom. The minimum Gasteiger partial charge on any atom is -0.325 e. The second-order valence-electron chi connectivity index (χ2n) is 5.49. The number of anilines is 1. The summed E-state index contributed by atoms with van der Waals surface area (Å²) in [6.45, 7) is 5.04. The molecule has 4 heteroatoms. The lowest BCUT2D eigenvalue weighted by Crippen LogP contribution is -2.28. The molecule has 1 amide bonds. The summed E-state index contributed by atoms with van der Waals surface area (Å²) in [7, 11) is 0. The van der Waals surface area contributed by atoms with Crippen molar-refractivity contribution in [3.63, 3.8) is 0 Å². The third-order valence-corrected chi connectivity index (χ3v) is 3.78. The summed E-state index contributed by atoms with van der Waals surface area (Å²) in [4.78, 5) is 12.1. The quantitative estimate of drug-likeness (QED) is 0.839. The van der Waals surface area contributed by atoms with E-state index in [1.807, 2.05) is 48.5 Å².